The average Bonchev–Trinajstić information content (AvgIpc) is 2.50. The normalized spacial score (nSPS) is 10.4. The Hall–Kier alpha value is -1.71. The van der Waals surface area contributed by atoms with E-state index >= 15 is 0 Å². The second-order valence-corrected chi connectivity index (χ2v) is 5.72. The summed E-state index contributed by atoms with van der Waals surface area (Å²) < 4.78 is 5.87. The van der Waals surface area contributed by atoms with Crippen LogP contribution in [-0.4, -0.2) is 37.2 Å². The number of ether oxygens (including phenoxy) is 1. The van der Waals surface area contributed by atoms with E-state index in [4.69, 9.17) is 4.74 Å². The van der Waals surface area contributed by atoms with Crippen LogP contribution in [0.5, 0.6) is 5.75 Å². The van der Waals surface area contributed by atoms with Crippen LogP contribution in [0, 0.1) is 20.8 Å². The van der Waals surface area contributed by atoms with E-state index in [9.17, 15) is 4.79 Å². The van der Waals surface area contributed by atoms with Crippen LogP contribution in [0.25, 0.3) is 0 Å². The van der Waals surface area contributed by atoms with Gasteiger partial charge in [0.1, 0.15) is 12.4 Å². The number of hydrogen-bond donors (Lipinski definition) is 1. The van der Waals surface area contributed by atoms with Gasteiger partial charge in [0.25, 0.3) is 0 Å². The van der Waals surface area contributed by atoms with Gasteiger partial charge in [-0.15, -0.1) is 0 Å². The Morgan fingerprint density at radius 1 is 1.09 bits per heavy atom. The molecule has 1 N–H and O–H groups in total. The van der Waals surface area contributed by atoms with E-state index < -0.39 is 0 Å². The molecule has 0 aliphatic carbocycles. The molecule has 0 fully saturated rings. The summed E-state index contributed by atoms with van der Waals surface area (Å²) in [6, 6.07) is 4.18. The summed E-state index contributed by atoms with van der Waals surface area (Å²) >= 11 is 0. The lowest BCUT2D eigenvalue weighted by Crippen LogP contribution is -2.42. The third-order valence-electron chi connectivity index (χ3n) is 3.77. The molecule has 0 radical (unpaired) electrons. The van der Waals surface area contributed by atoms with Gasteiger partial charge in [0.05, 0.1) is 6.54 Å². The zero-order valence-corrected chi connectivity index (χ0v) is 14.7. The van der Waals surface area contributed by atoms with Crippen molar-refractivity contribution in [3.63, 3.8) is 0 Å². The highest BCUT2D eigenvalue weighted by Crippen LogP contribution is 2.25. The molecule has 0 aliphatic rings. The third kappa shape index (κ3) is 5.24. The van der Waals surface area contributed by atoms with Crippen molar-refractivity contribution < 1.29 is 9.53 Å². The summed E-state index contributed by atoms with van der Waals surface area (Å²) in [5.74, 6) is 0.938. The van der Waals surface area contributed by atoms with Gasteiger partial charge in [-0.2, -0.15) is 0 Å². The second-order valence-electron chi connectivity index (χ2n) is 5.72. The van der Waals surface area contributed by atoms with Gasteiger partial charge in [0, 0.05) is 13.1 Å². The van der Waals surface area contributed by atoms with E-state index in [1.807, 2.05) is 11.8 Å². The summed E-state index contributed by atoms with van der Waals surface area (Å²) in [5, 5.41) is 2.94. The first-order valence-electron chi connectivity index (χ1n) is 8.23. The van der Waals surface area contributed by atoms with Gasteiger partial charge in [-0.1, -0.05) is 26.0 Å². The third-order valence-corrected chi connectivity index (χ3v) is 3.77. The summed E-state index contributed by atoms with van der Waals surface area (Å²) in [5.41, 5.74) is 3.53. The number of benzene rings is 1. The molecule has 0 heterocycles. The Balaban J connectivity index is 2.45. The smallest absolute Gasteiger partial charge is 0.317 e. The Morgan fingerprint density at radius 3 is 2.27 bits per heavy atom. The minimum Gasteiger partial charge on any atom is -0.491 e. The van der Waals surface area contributed by atoms with Crippen LogP contribution in [0.15, 0.2) is 12.1 Å². The first-order chi connectivity index (χ1) is 10.5. The van der Waals surface area contributed by atoms with Crippen molar-refractivity contribution in [3.05, 3.63) is 28.8 Å². The molecule has 4 heteroatoms. The zero-order chi connectivity index (χ0) is 16.5. The molecule has 0 saturated heterocycles. The molecular weight excluding hydrogens is 276 g/mol. The van der Waals surface area contributed by atoms with Gasteiger partial charge in [-0.05, 0) is 50.3 Å². The minimum absolute atomic E-state index is 0.00462. The predicted octanol–water partition coefficient (Wildman–Crippen LogP) is 3.82. The minimum atomic E-state index is 0.00462. The van der Waals surface area contributed by atoms with Crippen molar-refractivity contribution in [1.82, 2.24) is 10.2 Å². The molecule has 0 spiro atoms. The van der Waals surface area contributed by atoms with Crippen molar-refractivity contribution >= 4 is 6.03 Å². The fourth-order valence-electron chi connectivity index (χ4n) is 2.43. The fraction of sp³-hybridized carbons (Fsp3) is 0.611. The molecule has 0 atom stereocenters. The van der Waals surface area contributed by atoms with Crippen molar-refractivity contribution in [2.45, 2.75) is 47.5 Å². The monoisotopic (exact) mass is 306 g/mol. The van der Waals surface area contributed by atoms with Gasteiger partial charge in [-0.25, -0.2) is 4.79 Å². The summed E-state index contributed by atoms with van der Waals surface area (Å²) in [7, 11) is 0. The molecule has 0 unspecified atom stereocenters. The van der Waals surface area contributed by atoms with E-state index in [2.05, 4.69) is 45.1 Å². The average molecular weight is 306 g/mol. The van der Waals surface area contributed by atoms with E-state index in [-0.39, 0.29) is 6.03 Å². The maximum Gasteiger partial charge on any atom is 0.317 e. The van der Waals surface area contributed by atoms with Crippen molar-refractivity contribution in [1.29, 1.82) is 0 Å². The molecule has 0 aromatic heterocycles. The second kappa shape index (κ2) is 9.34. The lowest BCUT2D eigenvalue weighted by atomic mass is 10.1. The Labute approximate surface area is 134 Å². The number of amides is 2. The standard InChI is InChI=1S/C18H30N2O2/c1-6-11-20(12-7-2)18(21)19-10-13-22-17-15(4)9-8-14(3)16(17)5/h8-9H,6-7,10-13H2,1-5H3,(H,19,21). The topological polar surface area (TPSA) is 41.6 Å². The van der Waals surface area contributed by atoms with Crippen LogP contribution >= 0.6 is 0 Å². The van der Waals surface area contributed by atoms with Gasteiger partial charge >= 0.3 is 6.03 Å². The van der Waals surface area contributed by atoms with Gasteiger partial charge in [0.2, 0.25) is 0 Å². The van der Waals surface area contributed by atoms with Crippen LogP contribution in [0.4, 0.5) is 4.79 Å². The van der Waals surface area contributed by atoms with Crippen molar-refractivity contribution in [2.75, 3.05) is 26.2 Å². The van der Waals surface area contributed by atoms with Gasteiger partial charge < -0.3 is 15.0 Å². The Bertz CT molecular complexity index is 480. The summed E-state index contributed by atoms with van der Waals surface area (Å²) in [6.07, 6.45) is 1.96. The van der Waals surface area contributed by atoms with Gasteiger partial charge in [0.15, 0.2) is 0 Å². The number of aryl methyl sites for hydroxylation is 2. The molecule has 0 aliphatic heterocycles. The first-order valence-corrected chi connectivity index (χ1v) is 8.23. The fourth-order valence-corrected chi connectivity index (χ4v) is 2.43. The highest BCUT2D eigenvalue weighted by atomic mass is 16.5. The number of rotatable bonds is 8. The van der Waals surface area contributed by atoms with Crippen LogP contribution in [-0.2, 0) is 0 Å². The number of urea groups is 1. The summed E-state index contributed by atoms with van der Waals surface area (Å²) in [4.78, 5) is 13.9. The molecule has 0 saturated carbocycles. The maximum atomic E-state index is 12.1. The van der Waals surface area contributed by atoms with E-state index in [1.165, 1.54) is 11.1 Å². The molecule has 124 valence electrons. The van der Waals surface area contributed by atoms with Crippen LogP contribution in [0.3, 0.4) is 0 Å². The molecule has 1 rings (SSSR count). The Morgan fingerprint density at radius 2 is 1.68 bits per heavy atom. The van der Waals surface area contributed by atoms with E-state index in [0.29, 0.717) is 13.2 Å². The number of carbonyl (C=O) groups is 1. The highest BCUT2D eigenvalue weighted by molar-refractivity contribution is 5.74. The molecule has 22 heavy (non-hydrogen) atoms. The quantitative estimate of drug-likeness (QED) is 0.742. The number of nitrogens with zero attached hydrogens (tertiary/aromatic N) is 1. The van der Waals surface area contributed by atoms with Crippen LogP contribution < -0.4 is 10.1 Å². The number of hydrogen-bond acceptors (Lipinski definition) is 2. The largest absolute Gasteiger partial charge is 0.491 e. The van der Waals surface area contributed by atoms with Crippen molar-refractivity contribution in [2.24, 2.45) is 0 Å². The number of carbonyl (C=O) groups excluding carboxylic acids is 1. The summed E-state index contributed by atoms with van der Waals surface area (Å²) in [6.45, 7) is 13.0. The Kier molecular flexibility index (Phi) is 7.78. The van der Waals surface area contributed by atoms with E-state index in [0.717, 1.165) is 37.2 Å². The zero-order valence-electron chi connectivity index (χ0n) is 14.7. The van der Waals surface area contributed by atoms with Crippen LogP contribution in [0.1, 0.15) is 43.4 Å². The molecule has 4 nitrogen and oxygen atoms in total. The van der Waals surface area contributed by atoms with Gasteiger partial charge in [-0.3, -0.25) is 0 Å². The van der Waals surface area contributed by atoms with Crippen LogP contribution in [0.2, 0.25) is 0 Å². The first kappa shape index (κ1) is 18.3. The SMILES string of the molecule is CCCN(CCC)C(=O)NCCOc1c(C)ccc(C)c1C. The lowest BCUT2D eigenvalue weighted by molar-refractivity contribution is 0.194. The van der Waals surface area contributed by atoms with E-state index in [1.54, 1.807) is 0 Å². The molecule has 1 aromatic rings. The molecular formula is C18H30N2O2. The maximum absolute atomic E-state index is 12.1. The number of nitrogens with one attached hydrogen (secondary N) is 1. The molecule has 0 bridgehead atoms. The lowest BCUT2D eigenvalue weighted by Gasteiger charge is -2.22. The highest BCUT2D eigenvalue weighted by Gasteiger charge is 2.11. The van der Waals surface area contributed by atoms with Crippen molar-refractivity contribution in [3.8, 4) is 5.75 Å². The molecule has 2 amide bonds. The molecule has 1 aromatic carbocycles. The predicted molar refractivity (Wildman–Crippen MR) is 91.7 cm³/mol.